The smallest absolute Gasteiger partial charge is 0.387 e. The molecule has 2 fully saturated rings. The fourth-order valence-corrected chi connectivity index (χ4v) is 5.28. The lowest BCUT2D eigenvalue weighted by atomic mass is 10.1. The zero-order valence-electron chi connectivity index (χ0n) is 17.0. The van der Waals surface area contributed by atoms with Crippen molar-refractivity contribution in [2.75, 3.05) is 18.9 Å². The summed E-state index contributed by atoms with van der Waals surface area (Å²) < 4.78 is 48.5. The van der Waals surface area contributed by atoms with Crippen LogP contribution in [-0.2, 0) is 32.0 Å². The first kappa shape index (κ1) is 27.3. The molecule has 0 spiro atoms. The SMILES string of the molecule is Nc1ccn([C@@H]2O[C@H](COP(=O)(OC[C@H]3O[C@@H](O)[C@H](O)[C@H]3O)OP(=O)(O)O)[C@@H](O)[C@H]2O)c(=O)n1. The minimum atomic E-state index is -5.48. The molecule has 194 valence electrons. The summed E-state index contributed by atoms with van der Waals surface area (Å²) in [5.74, 6) is -0.113. The van der Waals surface area contributed by atoms with Gasteiger partial charge in [-0.3, -0.25) is 13.6 Å². The highest BCUT2D eigenvalue weighted by Gasteiger charge is 2.48. The lowest BCUT2D eigenvalue weighted by Gasteiger charge is -2.22. The molecule has 0 saturated carbocycles. The van der Waals surface area contributed by atoms with Crippen molar-refractivity contribution in [1.29, 1.82) is 0 Å². The Bertz CT molecular complexity index is 1020. The third-order valence-electron chi connectivity index (χ3n) is 4.80. The van der Waals surface area contributed by atoms with E-state index in [1.807, 2.05) is 0 Å². The van der Waals surface area contributed by atoms with Gasteiger partial charge in [-0.25, -0.2) is 13.9 Å². The van der Waals surface area contributed by atoms with Gasteiger partial charge >= 0.3 is 21.3 Å². The van der Waals surface area contributed by atoms with Crippen LogP contribution in [0.1, 0.15) is 6.23 Å². The van der Waals surface area contributed by atoms with Gasteiger partial charge in [-0.05, 0) is 6.07 Å². The lowest BCUT2D eigenvalue weighted by molar-refractivity contribution is -0.132. The molecular weight excluding hydrogens is 512 g/mol. The van der Waals surface area contributed by atoms with Crippen LogP contribution in [-0.4, -0.2) is 101 Å². The molecule has 1 aromatic rings. The Morgan fingerprint density at radius 1 is 0.971 bits per heavy atom. The molecule has 0 amide bonds. The zero-order valence-corrected chi connectivity index (χ0v) is 18.7. The molecule has 2 aliphatic heterocycles. The molecule has 34 heavy (non-hydrogen) atoms. The topological polar surface area (TPSA) is 283 Å². The van der Waals surface area contributed by atoms with Gasteiger partial charge in [0.05, 0.1) is 13.2 Å². The van der Waals surface area contributed by atoms with E-state index in [-0.39, 0.29) is 5.82 Å². The van der Waals surface area contributed by atoms with Crippen molar-refractivity contribution in [2.45, 2.75) is 49.1 Å². The number of phosphoric acid groups is 2. The molecular formula is C14H23N3O15P2. The van der Waals surface area contributed by atoms with Crippen LogP contribution in [0.2, 0.25) is 0 Å². The average Bonchev–Trinajstić information content (AvgIpc) is 3.14. The normalized spacial score (nSPS) is 36.0. The van der Waals surface area contributed by atoms with Crippen LogP contribution < -0.4 is 11.4 Å². The first-order chi connectivity index (χ1) is 15.7. The predicted molar refractivity (Wildman–Crippen MR) is 104 cm³/mol. The largest absolute Gasteiger partial charge is 0.483 e. The number of nitrogens with two attached hydrogens (primary N) is 1. The van der Waals surface area contributed by atoms with Gasteiger partial charge in [0.1, 0.15) is 42.4 Å². The predicted octanol–water partition coefficient (Wildman–Crippen LogP) is -3.87. The Labute approximate surface area is 189 Å². The third-order valence-corrected chi connectivity index (χ3v) is 7.38. The Hall–Kier alpha value is -1.34. The maximum absolute atomic E-state index is 12.7. The maximum Gasteiger partial charge on any atom is 0.483 e. The number of aliphatic hydroxyl groups excluding tert-OH is 5. The summed E-state index contributed by atoms with van der Waals surface area (Å²) in [4.78, 5) is 33.5. The summed E-state index contributed by atoms with van der Waals surface area (Å²) in [6.45, 7) is -1.85. The fraction of sp³-hybridized carbons (Fsp3) is 0.714. The van der Waals surface area contributed by atoms with Crippen molar-refractivity contribution >= 4 is 21.5 Å². The highest BCUT2D eigenvalue weighted by atomic mass is 31.3. The van der Waals surface area contributed by atoms with E-state index in [9.17, 15) is 39.5 Å². The second-order valence-corrected chi connectivity index (χ2v) is 10.3. The second-order valence-electron chi connectivity index (χ2n) is 7.25. The molecule has 0 bridgehead atoms. The third kappa shape index (κ3) is 6.26. The molecule has 9 N–H and O–H groups in total. The summed E-state index contributed by atoms with van der Waals surface area (Å²) in [7, 11) is -10.6. The molecule has 3 heterocycles. The second kappa shape index (κ2) is 10.3. The summed E-state index contributed by atoms with van der Waals surface area (Å²) in [6.07, 6.45) is -12.0. The molecule has 1 unspecified atom stereocenters. The maximum atomic E-state index is 12.7. The lowest BCUT2D eigenvalue weighted by Crippen LogP contribution is -2.36. The number of anilines is 1. The van der Waals surface area contributed by atoms with Gasteiger partial charge in [0.25, 0.3) is 0 Å². The first-order valence-electron chi connectivity index (χ1n) is 9.43. The van der Waals surface area contributed by atoms with Crippen LogP contribution in [0.4, 0.5) is 5.82 Å². The van der Waals surface area contributed by atoms with Crippen LogP contribution in [0.5, 0.6) is 0 Å². The number of hydrogen-bond donors (Lipinski definition) is 8. The van der Waals surface area contributed by atoms with E-state index >= 15 is 0 Å². The molecule has 20 heteroatoms. The standard InChI is InChI=1S/C14H23N3O15P2/c15-7-1-2-17(14(23)16-7)12-10(20)8(18)5(30-12)3-28-34(27,32-33(24,25)26)29-4-6-9(19)11(21)13(22)31-6/h1-2,5-6,8-13,18-22H,3-4H2,(H2,15,16,23)(H2,24,25,26)/t5-,6-,8-,9+,10-,11-,12-,13-,34?/m1/s1. The van der Waals surface area contributed by atoms with Crippen molar-refractivity contribution in [3.63, 3.8) is 0 Å². The highest BCUT2D eigenvalue weighted by Crippen LogP contribution is 2.61. The van der Waals surface area contributed by atoms with Crippen molar-refractivity contribution in [3.05, 3.63) is 22.7 Å². The monoisotopic (exact) mass is 535 g/mol. The molecule has 1 aromatic heterocycles. The summed E-state index contributed by atoms with van der Waals surface area (Å²) in [5.41, 5.74) is 4.47. The van der Waals surface area contributed by atoms with Crippen molar-refractivity contribution < 1.29 is 67.3 Å². The molecule has 0 aromatic carbocycles. The molecule has 2 saturated heterocycles. The Balaban J connectivity index is 1.69. The van der Waals surface area contributed by atoms with Crippen LogP contribution >= 0.6 is 15.6 Å². The van der Waals surface area contributed by atoms with E-state index < -0.39 is 83.7 Å². The van der Waals surface area contributed by atoms with Crippen LogP contribution in [0.15, 0.2) is 17.1 Å². The molecule has 3 rings (SSSR count). The van der Waals surface area contributed by atoms with E-state index in [0.717, 1.165) is 10.8 Å². The van der Waals surface area contributed by atoms with E-state index in [0.29, 0.717) is 0 Å². The Morgan fingerprint density at radius 2 is 1.53 bits per heavy atom. The number of rotatable bonds is 9. The molecule has 0 aliphatic carbocycles. The van der Waals surface area contributed by atoms with Crippen molar-refractivity contribution in [2.24, 2.45) is 0 Å². The van der Waals surface area contributed by atoms with Gasteiger partial charge in [0, 0.05) is 6.20 Å². The van der Waals surface area contributed by atoms with E-state index in [1.165, 1.54) is 6.07 Å². The van der Waals surface area contributed by atoms with Crippen LogP contribution in [0, 0.1) is 0 Å². The molecule has 0 radical (unpaired) electrons. The average molecular weight is 535 g/mol. The highest BCUT2D eigenvalue weighted by molar-refractivity contribution is 7.61. The Morgan fingerprint density at radius 3 is 2.03 bits per heavy atom. The first-order valence-corrected chi connectivity index (χ1v) is 12.4. The number of aliphatic hydroxyl groups is 5. The van der Waals surface area contributed by atoms with Gasteiger partial charge in [-0.1, -0.05) is 0 Å². The minimum Gasteiger partial charge on any atom is -0.387 e. The van der Waals surface area contributed by atoms with Crippen molar-refractivity contribution in [1.82, 2.24) is 9.55 Å². The fourth-order valence-electron chi connectivity index (χ4n) is 3.13. The van der Waals surface area contributed by atoms with Gasteiger partial charge in [0.2, 0.25) is 0 Å². The number of nitrogens with zero attached hydrogens (tertiary/aromatic N) is 2. The van der Waals surface area contributed by atoms with Gasteiger partial charge in [-0.15, -0.1) is 0 Å². The van der Waals surface area contributed by atoms with E-state index in [1.54, 1.807) is 0 Å². The number of aromatic nitrogens is 2. The molecule has 18 nitrogen and oxygen atoms in total. The van der Waals surface area contributed by atoms with Gasteiger partial charge < -0.3 is 50.5 Å². The summed E-state index contributed by atoms with van der Waals surface area (Å²) in [6, 6.07) is 1.22. The molecule has 2 aliphatic rings. The quantitative estimate of drug-likeness (QED) is 0.140. The zero-order chi connectivity index (χ0) is 25.4. The van der Waals surface area contributed by atoms with Gasteiger partial charge in [-0.2, -0.15) is 9.29 Å². The van der Waals surface area contributed by atoms with Gasteiger partial charge in [0.15, 0.2) is 12.5 Å². The van der Waals surface area contributed by atoms with E-state index in [4.69, 9.17) is 34.0 Å². The van der Waals surface area contributed by atoms with E-state index in [2.05, 4.69) is 9.29 Å². The number of hydrogen-bond acceptors (Lipinski definition) is 15. The summed E-state index contributed by atoms with van der Waals surface area (Å²) >= 11 is 0. The summed E-state index contributed by atoms with van der Waals surface area (Å²) in [5, 5.41) is 49.0. The number of phosphoric ester groups is 1. The molecule has 9 atom stereocenters. The minimum absolute atomic E-state index is 0.113. The van der Waals surface area contributed by atoms with Crippen molar-refractivity contribution in [3.8, 4) is 0 Å². The number of nitrogen functional groups attached to an aromatic ring is 1. The van der Waals surface area contributed by atoms with Crippen LogP contribution in [0.3, 0.4) is 0 Å². The number of ether oxygens (including phenoxy) is 2. The van der Waals surface area contributed by atoms with Crippen LogP contribution in [0.25, 0.3) is 0 Å². The Kier molecular flexibility index (Phi) is 8.28.